The van der Waals surface area contributed by atoms with Crippen LogP contribution in [0.4, 0.5) is 19.0 Å². The second-order valence-electron chi connectivity index (χ2n) is 9.71. The first kappa shape index (κ1) is 30.1. The van der Waals surface area contributed by atoms with Crippen molar-refractivity contribution in [2.75, 3.05) is 38.2 Å². The molecular weight excluding hydrogens is 616 g/mol. The molecule has 0 radical (unpaired) electrons. The standard InChI is InChI=1S/C28H25Cl2F3N4O4S/c1-41-25(38)17-37-24-11-6-20(26(18-2-7-21(29)8-3-18)19-4-9-22(30)10-5-19)16-23(24)27(34-37)35-12-14-36(15-13-35)42(39,40)28(31,32)33/h2-11,16,26H,12-15,17H2,1H3. The highest BCUT2D eigenvalue weighted by Gasteiger charge is 2.50. The van der Waals surface area contributed by atoms with Crippen molar-refractivity contribution in [1.82, 2.24) is 14.1 Å². The third-order valence-electron chi connectivity index (χ3n) is 7.17. The van der Waals surface area contributed by atoms with Crippen molar-refractivity contribution >= 4 is 55.9 Å². The number of methoxy groups -OCH3 is 1. The zero-order chi connectivity index (χ0) is 30.2. The topological polar surface area (TPSA) is 84.7 Å². The third-order valence-corrected chi connectivity index (χ3v) is 9.31. The molecule has 0 spiro atoms. The first-order valence-corrected chi connectivity index (χ1v) is 15.0. The Hall–Kier alpha value is -3.32. The summed E-state index contributed by atoms with van der Waals surface area (Å²) < 4.78 is 70.0. The molecule has 222 valence electrons. The molecular formula is C28H25Cl2F3N4O4S. The number of alkyl halides is 3. The highest BCUT2D eigenvalue weighted by molar-refractivity contribution is 7.90. The van der Waals surface area contributed by atoms with Gasteiger partial charge < -0.3 is 9.64 Å². The van der Waals surface area contributed by atoms with Crippen LogP contribution in [0.15, 0.2) is 66.7 Å². The summed E-state index contributed by atoms with van der Waals surface area (Å²) in [6.07, 6.45) is 0. The van der Waals surface area contributed by atoms with Crippen LogP contribution in [0.2, 0.25) is 10.0 Å². The van der Waals surface area contributed by atoms with Crippen LogP contribution in [0.1, 0.15) is 22.6 Å². The average Bonchev–Trinajstić information content (AvgIpc) is 3.32. The van der Waals surface area contributed by atoms with E-state index in [-0.39, 0.29) is 38.6 Å². The lowest BCUT2D eigenvalue weighted by Gasteiger charge is -2.34. The number of esters is 1. The van der Waals surface area contributed by atoms with Crippen molar-refractivity contribution in [1.29, 1.82) is 0 Å². The van der Waals surface area contributed by atoms with E-state index in [1.54, 1.807) is 29.2 Å². The van der Waals surface area contributed by atoms with E-state index in [0.29, 0.717) is 31.1 Å². The molecule has 0 bridgehead atoms. The second kappa shape index (κ2) is 11.8. The zero-order valence-corrected chi connectivity index (χ0v) is 24.5. The number of hydrogen-bond donors (Lipinski definition) is 0. The Kier molecular flexibility index (Phi) is 8.44. The fourth-order valence-corrected chi connectivity index (χ4v) is 6.26. The maximum atomic E-state index is 13.1. The number of aromatic nitrogens is 2. The molecule has 1 aromatic heterocycles. The Morgan fingerprint density at radius 1 is 0.905 bits per heavy atom. The first-order chi connectivity index (χ1) is 19.9. The van der Waals surface area contributed by atoms with Crippen LogP contribution in [-0.2, 0) is 26.1 Å². The van der Waals surface area contributed by atoms with E-state index in [1.807, 2.05) is 42.5 Å². The van der Waals surface area contributed by atoms with Crippen LogP contribution in [-0.4, -0.2) is 67.3 Å². The predicted molar refractivity (Wildman–Crippen MR) is 154 cm³/mol. The molecule has 4 aromatic rings. The van der Waals surface area contributed by atoms with Gasteiger partial charge in [0.05, 0.1) is 12.6 Å². The van der Waals surface area contributed by atoms with Crippen LogP contribution >= 0.6 is 23.2 Å². The molecule has 0 atom stereocenters. The molecule has 0 amide bonds. The normalized spacial score (nSPS) is 15.0. The van der Waals surface area contributed by atoms with Crippen LogP contribution in [0.25, 0.3) is 10.9 Å². The van der Waals surface area contributed by atoms with E-state index in [4.69, 9.17) is 27.9 Å². The van der Waals surface area contributed by atoms with E-state index in [1.165, 1.54) is 11.8 Å². The molecule has 0 aliphatic carbocycles. The Morgan fingerprint density at radius 2 is 1.43 bits per heavy atom. The minimum atomic E-state index is -5.45. The van der Waals surface area contributed by atoms with Crippen LogP contribution < -0.4 is 4.90 Å². The predicted octanol–water partition coefficient (Wildman–Crippen LogP) is 5.67. The summed E-state index contributed by atoms with van der Waals surface area (Å²) in [6.45, 7) is -0.980. The van der Waals surface area contributed by atoms with Crippen LogP contribution in [0.5, 0.6) is 0 Å². The summed E-state index contributed by atoms with van der Waals surface area (Å²) in [5.74, 6) is -0.350. The lowest BCUT2D eigenvalue weighted by Crippen LogP contribution is -2.52. The number of carbonyl (C=O) groups is 1. The molecule has 8 nitrogen and oxygen atoms in total. The highest BCUT2D eigenvalue weighted by atomic mass is 35.5. The van der Waals surface area contributed by atoms with E-state index >= 15 is 0 Å². The van der Waals surface area contributed by atoms with Gasteiger partial charge >= 0.3 is 21.5 Å². The summed E-state index contributed by atoms with van der Waals surface area (Å²) >= 11 is 12.3. The summed E-state index contributed by atoms with van der Waals surface area (Å²) in [5, 5.41) is 6.44. The van der Waals surface area contributed by atoms with Crippen LogP contribution in [0, 0.1) is 0 Å². The number of rotatable bonds is 7. The fraction of sp³-hybridized carbons (Fsp3) is 0.286. The van der Waals surface area contributed by atoms with E-state index in [9.17, 15) is 26.4 Å². The third kappa shape index (κ3) is 5.94. The van der Waals surface area contributed by atoms with Gasteiger partial charge in [0, 0.05) is 47.5 Å². The van der Waals surface area contributed by atoms with Gasteiger partial charge in [0.25, 0.3) is 0 Å². The molecule has 2 heterocycles. The minimum absolute atomic E-state index is 0.0261. The fourth-order valence-electron chi connectivity index (χ4n) is 5.07. The second-order valence-corrected chi connectivity index (χ2v) is 12.5. The monoisotopic (exact) mass is 640 g/mol. The number of benzene rings is 3. The first-order valence-electron chi connectivity index (χ1n) is 12.8. The summed E-state index contributed by atoms with van der Waals surface area (Å²) in [7, 11) is -4.19. The van der Waals surface area contributed by atoms with Gasteiger partial charge in [0.1, 0.15) is 6.54 Å². The van der Waals surface area contributed by atoms with Gasteiger partial charge in [-0.15, -0.1) is 0 Å². The SMILES string of the molecule is COC(=O)Cn1nc(N2CCN(S(=O)(=O)C(F)(F)F)CC2)c2cc(C(c3ccc(Cl)cc3)c3ccc(Cl)cc3)ccc21. The molecule has 5 rings (SSSR count). The Balaban J connectivity index is 1.58. The number of piperazine rings is 1. The Labute approximate surface area is 250 Å². The Morgan fingerprint density at radius 3 is 1.93 bits per heavy atom. The molecule has 0 saturated carbocycles. The maximum Gasteiger partial charge on any atom is 0.511 e. The number of ether oxygens (including phenoxy) is 1. The molecule has 1 aliphatic rings. The van der Waals surface area contributed by atoms with Gasteiger partial charge in [-0.1, -0.05) is 53.5 Å². The van der Waals surface area contributed by atoms with Crippen molar-refractivity contribution < 1.29 is 31.1 Å². The lowest BCUT2D eigenvalue weighted by molar-refractivity contribution is -0.141. The van der Waals surface area contributed by atoms with Gasteiger partial charge in [-0.25, -0.2) is 8.42 Å². The number of fused-ring (bicyclic) bond motifs is 1. The molecule has 1 aliphatic heterocycles. The van der Waals surface area contributed by atoms with Gasteiger partial charge in [0.15, 0.2) is 5.82 Å². The van der Waals surface area contributed by atoms with Gasteiger partial charge in [-0.3, -0.25) is 9.48 Å². The van der Waals surface area contributed by atoms with Crippen molar-refractivity contribution in [3.05, 3.63) is 93.5 Å². The molecule has 1 fully saturated rings. The van der Waals surface area contributed by atoms with E-state index < -0.39 is 21.5 Å². The summed E-state index contributed by atoms with van der Waals surface area (Å²) in [5.41, 5.74) is -1.98. The Bertz CT molecular complexity index is 1660. The molecule has 3 aromatic carbocycles. The van der Waals surface area contributed by atoms with Gasteiger partial charge in [0.2, 0.25) is 0 Å². The molecule has 0 unspecified atom stereocenters. The number of hydrogen-bond acceptors (Lipinski definition) is 6. The number of anilines is 1. The van der Waals surface area contributed by atoms with Crippen molar-refractivity contribution in [2.45, 2.75) is 18.0 Å². The number of nitrogens with zero attached hydrogens (tertiary/aromatic N) is 4. The highest BCUT2D eigenvalue weighted by Crippen LogP contribution is 2.37. The number of halogens is 5. The largest absolute Gasteiger partial charge is 0.511 e. The number of carbonyl (C=O) groups excluding carboxylic acids is 1. The summed E-state index contributed by atoms with van der Waals surface area (Å²) in [4.78, 5) is 13.9. The number of sulfonamides is 1. The van der Waals surface area contributed by atoms with E-state index in [0.717, 1.165) is 16.7 Å². The lowest BCUT2D eigenvalue weighted by atomic mass is 9.85. The van der Waals surface area contributed by atoms with Gasteiger partial charge in [-0.2, -0.15) is 22.6 Å². The minimum Gasteiger partial charge on any atom is -0.468 e. The average molecular weight is 641 g/mol. The zero-order valence-electron chi connectivity index (χ0n) is 22.2. The molecule has 1 saturated heterocycles. The quantitative estimate of drug-likeness (QED) is 0.191. The molecule has 14 heteroatoms. The van der Waals surface area contributed by atoms with Crippen molar-refractivity contribution in [3.8, 4) is 0 Å². The summed E-state index contributed by atoms with van der Waals surface area (Å²) in [6, 6.07) is 20.6. The van der Waals surface area contributed by atoms with Crippen molar-refractivity contribution in [2.24, 2.45) is 0 Å². The maximum absolute atomic E-state index is 13.1. The van der Waals surface area contributed by atoms with Crippen molar-refractivity contribution in [3.63, 3.8) is 0 Å². The smallest absolute Gasteiger partial charge is 0.468 e. The van der Waals surface area contributed by atoms with E-state index in [2.05, 4.69) is 5.10 Å². The molecule has 42 heavy (non-hydrogen) atoms. The van der Waals surface area contributed by atoms with Crippen LogP contribution in [0.3, 0.4) is 0 Å². The molecule has 0 N–H and O–H groups in total. The van der Waals surface area contributed by atoms with Gasteiger partial charge in [-0.05, 0) is 53.1 Å².